The number of Topliss-reactive ketones (excluding diaryl/α,β-unsaturated/α-hetero) is 1. The van der Waals surface area contributed by atoms with Crippen molar-refractivity contribution in [2.75, 3.05) is 0 Å². The molecule has 3 rings (SSSR count). The van der Waals surface area contributed by atoms with Crippen molar-refractivity contribution < 1.29 is 9.90 Å². The quantitative estimate of drug-likeness (QED) is 0.610. The van der Waals surface area contributed by atoms with Crippen LogP contribution in [0.2, 0.25) is 5.02 Å². The van der Waals surface area contributed by atoms with Gasteiger partial charge in [0.05, 0.1) is 0 Å². The first-order valence-corrected chi connectivity index (χ1v) is 8.61. The Labute approximate surface area is 152 Å². The summed E-state index contributed by atoms with van der Waals surface area (Å²) < 4.78 is 0. The fraction of sp³-hybridized carbons (Fsp3) is 0.136. The SMILES string of the molecule is O=C(c1ccccc1)C(Cc1ccc(Cl)cc1)Cc1cccc(O)c1. The summed E-state index contributed by atoms with van der Waals surface area (Å²) in [6, 6.07) is 24.0. The summed E-state index contributed by atoms with van der Waals surface area (Å²) in [4.78, 5) is 13.0. The molecule has 0 saturated carbocycles. The minimum Gasteiger partial charge on any atom is -0.508 e. The molecule has 0 saturated heterocycles. The smallest absolute Gasteiger partial charge is 0.166 e. The molecule has 126 valence electrons. The fourth-order valence-corrected chi connectivity index (χ4v) is 3.09. The average molecular weight is 351 g/mol. The van der Waals surface area contributed by atoms with E-state index in [1.54, 1.807) is 18.2 Å². The standard InChI is InChI=1S/C22H19ClO2/c23-20-11-9-16(10-12-20)13-19(14-17-5-4-8-21(24)15-17)22(25)18-6-2-1-3-7-18/h1-12,15,19,24H,13-14H2. The molecule has 25 heavy (non-hydrogen) atoms. The Kier molecular flexibility index (Phi) is 5.52. The molecule has 2 nitrogen and oxygen atoms in total. The normalized spacial score (nSPS) is 11.9. The number of hydrogen-bond acceptors (Lipinski definition) is 2. The summed E-state index contributed by atoms with van der Waals surface area (Å²) in [6.45, 7) is 0. The lowest BCUT2D eigenvalue weighted by Crippen LogP contribution is -2.20. The van der Waals surface area contributed by atoms with Crippen molar-refractivity contribution in [3.05, 3.63) is 101 Å². The summed E-state index contributed by atoms with van der Waals surface area (Å²) in [5.74, 6) is 0.124. The second-order valence-corrected chi connectivity index (χ2v) is 6.57. The van der Waals surface area contributed by atoms with Gasteiger partial charge < -0.3 is 5.11 Å². The number of phenolic OH excluding ortho intramolecular Hbond substituents is 1. The molecule has 0 fully saturated rings. The van der Waals surface area contributed by atoms with Gasteiger partial charge >= 0.3 is 0 Å². The van der Waals surface area contributed by atoms with E-state index in [2.05, 4.69) is 0 Å². The molecule has 3 aromatic carbocycles. The van der Waals surface area contributed by atoms with E-state index < -0.39 is 0 Å². The Morgan fingerprint density at radius 3 is 2.20 bits per heavy atom. The van der Waals surface area contributed by atoms with Crippen LogP contribution in [0.1, 0.15) is 21.5 Å². The van der Waals surface area contributed by atoms with Crippen molar-refractivity contribution in [2.24, 2.45) is 5.92 Å². The number of carbonyl (C=O) groups excluding carboxylic acids is 1. The maximum Gasteiger partial charge on any atom is 0.166 e. The summed E-state index contributed by atoms with van der Waals surface area (Å²) >= 11 is 5.96. The van der Waals surface area contributed by atoms with Gasteiger partial charge in [0.2, 0.25) is 0 Å². The Balaban J connectivity index is 1.87. The zero-order valence-electron chi connectivity index (χ0n) is 13.7. The van der Waals surface area contributed by atoms with Crippen molar-refractivity contribution in [3.63, 3.8) is 0 Å². The van der Waals surface area contributed by atoms with Crippen LogP contribution in [0.25, 0.3) is 0 Å². The van der Waals surface area contributed by atoms with Crippen molar-refractivity contribution in [1.29, 1.82) is 0 Å². The highest BCUT2D eigenvalue weighted by Gasteiger charge is 2.21. The molecule has 3 aromatic rings. The van der Waals surface area contributed by atoms with E-state index in [0.717, 1.165) is 11.1 Å². The highest BCUT2D eigenvalue weighted by Crippen LogP contribution is 2.22. The maximum absolute atomic E-state index is 13.0. The van der Waals surface area contributed by atoms with Gasteiger partial charge in [-0.3, -0.25) is 4.79 Å². The predicted octanol–water partition coefficient (Wildman–Crippen LogP) is 5.33. The second-order valence-electron chi connectivity index (χ2n) is 6.13. The predicted molar refractivity (Wildman–Crippen MR) is 101 cm³/mol. The van der Waals surface area contributed by atoms with Crippen LogP contribution >= 0.6 is 11.6 Å². The molecule has 0 heterocycles. The van der Waals surface area contributed by atoms with Crippen molar-refractivity contribution >= 4 is 17.4 Å². The summed E-state index contributed by atoms with van der Waals surface area (Å²) in [5.41, 5.74) is 2.73. The van der Waals surface area contributed by atoms with Gasteiger partial charge in [0, 0.05) is 16.5 Å². The highest BCUT2D eigenvalue weighted by molar-refractivity contribution is 6.30. The fourth-order valence-electron chi connectivity index (χ4n) is 2.97. The van der Waals surface area contributed by atoms with Gasteiger partial charge in [-0.25, -0.2) is 0 Å². The minimum atomic E-state index is -0.203. The highest BCUT2D eigenvalue weighted by atomic mass is 35.5. The molecule has 0 bridgehead atoms. The first kappa shape index (κ1) is 17.2. The lowest BCUT2D eigenvalue weighted by molar-refractivity contribution is 0.0918. The monoisotopic (exact) mass is 350 g/mol. The molecule has 0 spiro atoms. The van der Waals surface area contributed by atoms with Gasteiger partial charge in [-0.05, 0) is 48.2 Å². The van der Waals surface area contributed by atoms with E-state index >= 15 is 0 Å². The van der Waals surface area contributed by atoms with E-state index in [0.29, 0.717) is 23.4 Å². The van der Waals surface area contributed by atoms with Gasteiger partial charge in [0.15, 0.2) is 5.78 Å². The Morgan fingerprint density at radius 1 is 0.840 bits per heavy atom. The lowest BCUT2D eigenvalue weighted by Gasteiger charge is -2.17. The summed E-state index contributed by atoms with van der Waals surface area (Å²) in [7, 11) is 0. The zero-order valence-corrected chi connectivity index (χ0v) is 14.5. The minimum absolute atomic E-state index is 0.110. The number of halogens is 1. The molecular weight excluding hydrogens is 332 g/mol. The molecule has 1 atom stereocenters. The third-order valence-electron chi connectivity index (χ3n) is 4.22. The van der Waals surface area contributed by atoms with E-state index in [1.807, 2.05) is 60.7 Å². The first-order valence-electron chi connectivity index (χ1n) is 8.23. The zero-order chi connectivity index (χ0) is 17.6. The summed E-state index contributed by atoms with van der Waals surface area (Å²) in [6.07, 6.45) is 1.20. The molecule has 1 unspecified atom stereocenters. The van der Waals surface area contributed by atoms with Gasteiger partial charge in [0.25, 0.3) is 0 Å². The Hall–Kier alpha value is -2.58. The van der Waals surface area contributed by atoms with Crippen molar-refractivity contribution in [3.8, 4) is 5.75 Å². The van der Waals surface area contributed by atoms with Gasteiger partial charge in [-0.2, -0.15) is 0 Å². The lowest BCUT2D eigenvalue weighted by atomic mass is 9.86. The number of rotatable bonds is 6. The Bertz CT molecular complexity index is 841. The number of aromatic hydroxyl groups is 1. The molecule has 1 N–H and O–H groups in total. The molecule has 3 heteroatoms. The van der Waals surface area contributed by atoms with E-state index in [9.17, 15) is 9.90 Å². The molecule has 0 aliphatic heterocycles. The van der Waals surface area contributed by atoms with Crippen LogP contribution in [0, 0.1) is 5.92 Å². The van der Waals surface area contributed by atoms with Gasteiger partial charge in [-0.15, -0.1) is 0 Å². The van der Waals surface area contributed by atoms with E-state index in [4.69, 9.17) is 11.6 Å². The third kappa shape index (κ3) is 4.71. The van der Waals surface area contributed by atoms with Crippen molar-refractivity contribution in [2.45, 2.75) is 12.8 Å². The largest absolute Gasteiger partial charge is 0.508 e. The average Bonchev–Trinajstić information content (AvgIpc) is 2.63. The number of ketones is 1. The van der Waals surface area contributed by atoms with E-state index in [-0.39, 0.29) is 17.5 Å². The molecular formula is C22H19ClO2. The van der Waals surface area contributed by atoms with Gasteiger partial charge in [0.1, 0.15) is 5.75 Å². The topological polar surface area (TPSA) is 37.3 Å². The first-order chi connectivity index (χ1) is 12.1. The molecule has 0 aromatic heterocycles. The number of carbonyl (C=O) groups is 1. The third-order valence-corrected chi connectivity index (χ3v) is 4.47. The van der Waals surface area contributed by atoms with Crippen LogP contribution in [0.4, 0.5) is 0 Å². The van der Waals surface area contributed by atoms with Crippen LogP contribution < -0.4 is 0 Å². The number of hydrogen-bond donors (Lipinski definition) is 1. The number of phenols is 1. The maximum atomic E-state index is 13.0. The Morgan fingerprint density at radius 2 is 1.52 bits per heavy atom. The number of benzene rings is 3. The molecule has 0 amide bonds. The second kappa shape index (κ2) is 8.00. The molecule has 0 radical (unpaired) electrons. The summed E-state index contributed by atoms with van der Waals surface area (Å²) in [5, 5.41) is 10.4. The van der Waals surface area contributed by atoms with Crippen LogP contribution in [0.3, 0.4) is 0 Å². The molecule has 0 aliphatic rings. The van der Waals surface area contributed by atoms with Crippen LogP contribution in [0.15, 0.2) is 78.9 Å². The van der Waals surface area contributed by atoms with Crippen molar-refractivity contribution in [1.82, 2.24) is 0 Å². The van der Waals surface area contributed by atoms with Gasteiger partial charge in [-0.1, -0.05) is 66.2 Å². The van der Waals surface area contributed by atoms with Crippen LogP contribution in [0.5, 0.6) is 5.75 Å². The van der Waals surface area contributed by atoms with Crippen LogP contribution in [-0.2, 0) is 12.8 Å². The van der Waals surface area contributed by atoms with E-state index in [1.165, 1.54) is 0 Å². The van der Waals surface area contributed by atoms with Crippen LogP contribution in [-0.4, -0.2) is 10.9 Å². The molecule has 0 aliphatic carbocycles.